The summed E-state index contributed by atoms with van der Waals surface area (Å²) in [5, 5.41) is 3.09. The molecule has 0 spiro atoms. The van der Waals surface area contributed by atoms with Gasteiger partial charge in [0.05, 0.1) is 0 Å². The van der Waals surface area contributed by atoms with Gasteiger partial charge in [-0.25, -0.2) is 0 Å². The monoisotopic (exact) mass is 252 g/mol. The second kappa shape index (κ2) is 7.13. The van der Waals surface area contributed by atoms with Crippen molar-refractivity contribution in [1.82, 2.24) is 5.32 Å². The second-order valence-corrected chi connectivity index (χ2v) is 6.10. The van der Waals surface area contributed by atoms with Crippen molar-refractivity contribution in [2.75, 3.05) is 13.1 Å². The van der Waals surface area contributed by atoms with Crippen LogP contribution in [0.3, 0.4) is 0 Å². The van der Waals surface area contributed by atoms with E-state index in [1.807, 2.05) is 0 Å². The van der Waals surface area contributed by atoms with Crippen molar-refractivity contribution in [2.24, 2.45) is 23.5 Å². The van der Waals surface area contributed by atoms with Crippen molar-refractivity contribution in [3.8, 4) is 0 Å². The first kappa shape index (κ1) is 13.9. The standard InChI is InChI=1S/C15H28N2O/c16-9-3-4-10-17-15(18)14-8-7-12-5-1-2-6-13(12)11-14/h12-14H,1-11,16H2,(H,17,18). The summed E-state index contributed by atoms with van der Waals surface area (Å²) in [5.41, 5.74) is 5.45. The van der Waals surface area contributed by atoms with Crippen molar-refractivity contribution in [3.63, 3.8) is 0 Å². The number of unbranched alkanes of at least 4 members (excludes halogenated alkanes) is 1. The van der Waals surface area contributed by atoms with Crippen LogP contribution in [-0.2, 0) is 4.79 Å². The van der Waals surface area contributed by atoms with E-state index < -0.39 is 0 Å². The number of hydrogen-bond acceptors (Lipinski definition) is 2. The smallest absolute Gasteiger partial charge is 0.223 e. The third-order valence-electron chi connectivity index (χ3n) is 4.84. The maximum Gasteiger partial charge on any atom is 0.223 e. The fraction of sp³-hybridized carbons (Fsp3) is 0.933. The van der Waals surface area contributed by atoms with Gasteiger partial charge < -0.3 is 11.1 Å². The molecule has 0 aromatic carbocycles. The molecule has 3 nitrogen and oxygen atoms in total. The topological polar surface area (TPSA) is 55.1 Å². The summed E-state index contributed by atoms with van der Waals surface area (Å²) < 4.78 is 0. The Morgan fingerprint density at radius 2 is 1.83 bits per heavy atom. The third-order valence-corrected chi connectivity index (χ3v) is 4.84. The lowest BCUT2D eigenvalue weighted by atomic mass is 9.67. The molecule has 3 atom stereocenters. The molecule has 0 aromatic heterocycles. The Morgan fingerprint density at radius 1 is 1.06 bits per heavy atom. The van der Waals surface area contributed by atoms with Crippen LogP contribution in [0, 0.1) is 17.8 Å². The molecule has 2 fully saturated rings. The number of carbonyl (C=O) groups is 1. The molecule has 0 heterocycles. The lowest BCUT2D eigenvalue weighted by Gasteiger charge is -2.38. The summed E-state index contributed by atoms with van der Waals surface area (Å²) in [7, 11) is 0. The first-order chi connectivity index (χ1) is 8.81. The summed E-state index contributed by atoms with van der Waals surface area (Å²) in [6, 6.07) is 0. The van der Waals surface area contributed by atoms with E-state index in [9.17, 15) is 4.79 Å². The summed E-state index contributed by atoms with van der Waals surface area (Å²) in [6.07, 6.45) is 11.1. The summed E-state index contributed by atoms with van der Waals surface area (Å²) in [4.78, 5) is 12.1. The minimum absolute atomic E-state index is 0.294. The normalized spacial score (nSPS) is 31.7. The van der Waals surface area contributed by atoms with Gasteiger partial charge in [-0.3, -0.25) is 4.79 Å². The van der Waals surface area contributed by atoms with Crippen molar-refractivity contribution in [2.45, 2.75) is 57.8 Å². The molecular weight excluding hydrogens is 224 g/mol. The van der Waals surface area contributed by atoms with Crippen LogP contribution in [0.15, 0.2) is 0 Å². The third kappa shape index (κ3) is 3.71. The predicted molar refractivity (Wildman–Crippen MR) is 74.1 cm³/mol. The predicted octanol–water partition coefficient (Wildman–Crippen LogP) is 2.45. The molecule has 2 aliphatic carbocycles. The molecule has 0 aromatic rings. The van der Waals surface area contributed by atoms with Gasteiger partial charge in [0.15, 0.2) is 0 Å². The van der Waals surface area contributed by atoms with Gasteiger partial charge in [0.1, 0.15) is 0 Å². The van der Waals surface area contributed by atoms with E-state index in [1.165, 1.54) is 32.1 Å². The van der Waals surface area contributed by atoms with E-state index in [2.05, 4.69) is 5.32 Å². The molecule has 3 heteroatoms. The van der Waals surface area contributed by atoms with Crippen LogP contribution < -0.4 is 11.1 Å². The minimum atomic E-state index is 0.294. The number of carbonyl (C=O) groups excluding carboxylic acids is 1. The van der Waals surface area contributed by atoms with Crippen LogP contribution in [-0.4, -0.2) is 19.0 Å². The minimum Gasteiger partial charge on any atom is -0.356 e. The summed E-state index contributed by atoms with van der Waals surface area (Å²) in [5.74, 6) is 2.37. The Labute approximate surface area is 111 Å². The van der Waals surface area contributed by atoms with Crippen LogP contribution in [0.1, 0.15) is 57.8 Å². The van der Waals surface area contributed by atoms with Crippen molar-refractivity contribution in [1.29, 1.82) is 0 Å². The van der Waals surface area contributed by atoms with Gasteiger partial charge in [-0.05, 0) is 50.5 Å². The lowest BCUT2D eigenvalue weighted by Crippen LogP contribution is -2.37. The lowest BCUT2D eigenvalue weighted by molar-refractivity contribution is -0.127. The molecule has 18 heavy (non-hydrogen) atoms. The Kier molecular flexibility index (Phi) is 5.48. The van der Waals surface area contributed by atoms with Gasteiger partial charge in [0.2, 0.25) is 5.91 Å². The Hall–Kier alpha value is -0.570. The zero-order chi connectivity index (χ0) is 12.8. The maximum atomic E-state index is 12.1. The van der Waals surface area contributed by atoms with Gasteiger partial charge >= 0.3 is 0 Å². The maximum absolute atomic E-state index is 12.1. The van der Waals surface area contributed by atoms with E-state index in [0.717, 1.165) is 50.6 Å². The fourth-order valence-corrected chi connectivity index (χ4v) is 3.74. The van der Waals surface area contributed by atoms with E-state index in [-0.39, 0.29) is 0 Å². The zero-order valence-electron chi connectivity index (χ0n) is 11.5. The van der Waals surface area contributed by atoms with E-state index in [0.29, 0.717) is 11.8 Å². The molecule has 2 aliphatic rings. The number of nitrogens with two attached hydrogens (primary N) is 1. The number of amides is 1. The quantitative estimate of drug-likeness (QED) is 0.738. The Bertz CT molecular complexity index is 267. The van der Waals surface area contributed by atoms with Gasteiger partial charge in [-0.1, -0.05) is 25.7 Å². The molecule has 3 N–H and O–H groups in total. The highest BCUT2D eigenvalue weighted by Crippen LogP contribution is 2.42. The molecule has 0 aliphatic heterocycles. The molecule has 0 saturated heterocycles. The first-order valence-electron chi connectivity index (χ1n) is 7.79. The second-order valence-electron chi connectivity index (χ2n) is 6.10. The first-order valence-corrected chi connectivity index (χ1v) is 7.79. The Balaban J connectivity index is 1.71. The SMILES string of the molecule is NCCCCNC(=O)C1CCC2CCCCC2C1. The van der Waals surface area contributed by atoms with E-state index in [4.69, 9.17) is 5.73 Å². The molecule has 1 amide bonds. The molecule has 104 valence electrons. The average molecular weight is 252 g/mol. The number of nitrogens with one attached hydrogen (secondary N) is 1. The molecule has 2 rings (SSSR count). The summed E-state index contributed by atoms with van der Waals surface area (Å²) in [6.45, 7) is 1.53. The summed E-state index contributed by atoms with van der Waals surface area (Å²) >= 11 is 0. The van der Waals surface area contributed by atoms with Crippen LogP contribution in [0.5, 0.6) is 0 Å². The zero-order valence-corrected chi connectivity index (χ0v) is 11.5. The fourth-order valence-electron chi connectivity index (χ4n) is 3.74. The van der Waals surface area contributed by atoms with Crippen molar-refractivity contribution in [3.05, 3.63) is 0 Å². The highest BCUT2D eigenvalue weighted by molar-refractivity contribution is 5.78. The number of rotatable bonds is 5. The van der Waals surface area contributed by atoms with Crippen LogP contribution >= 0.6 is 0 Å². The molecule has 3 unspecified atom stereocenters. The molecule has 0 radical (unpaired) electrons. The van der Waals surface area contributed by atoms with E-state index in [1.54, 1.807) is 0 Å². The average Bonchev–Trinajstić information content (AvgIpc) is 2.43. The van der Waals surface area contributed by atoms with Crippen LogP contribution in [0.25, 0.3) is 0 Å². The van der Waals surface area contributed by atoms with Crippen LogP contribution in [0.2, 0.25) is 0 Å². The number of hydrogen-bond donors (Lipinski definition) is 2. The largest absolute Gasteiger partial charge is 0.356 e. The number of fused-ring (bicyclic) bond motifs is 1. The molecular formula is C15H28N2O. The van der Waals surface area contributed by atoms with Crippen LogP contribution in [0.4, 0.5) is 0 Å². The molecule has 0 bridgehead atoms. The highest BCUT2D eigenvalue weighted by Gasteiger charge is 2.34. The van der Waals surface area contributed by atoms with Crippen molar-refractivity contribution < 1.29 is 4.79 Å². The highest BCUT2D eigenvalue weighted by atomic mass is 16.1. The van der Waals surface area contributed by atoms with Gasteiger partial charge in [0, 0.05) is 12.5 Å². The van der Waals surface area contributed by atoms with E-state index >= 15 is 0 Å². The van der Waals surface area contributed by atoms with Gasteiger partial charge in [-0.15, -0.1) is 0 Å². The van der Waals surface area contributed by atoms with Gasteiger partial charge in [-0.2, -0.15) is 0 Å². The Morgan fingerprint density at radius 3 is 2.61 bits per heavy atom. The molecule has 2 saturated carbocycles. The van der Waals surface area contributed by atoms with Crippen molar-refractivity contribution >= 4 is 5.91 Å². The van der Waals surface area contributed by atoms with Gasteiger partial charge in [0.25, 0.3) is 0 Å².